The second-order valence-electron chi connectivity index (χ2n) is 4.43. The van der Waals surface area contributed by atoms with Gasteiger partial charge in [-0.15, -0.1) is 0 Å². The number of nitrogens with one attached hydrogen (secondary N) is 1. The minimum atomic E-state index is -4.18. The molecule has 5 heteroatoms. The van der Waals surface area contributed by atoms with Crippen LogP contribution in [-0.4, -0.2) is 19.3 Å². The Kier molecular flexibility index (Phi) is 6.15. The van der Waals surface area contributed by atoms with Crippen LogP contribution in [0.4, 0.5) is 13.2 Å². The van der Waals surface area contributed by atoms with Crippen LogP contribution >= 0.6 is 0 Å². The van der Waals surface area contributed by atoms with Crippen LogP contribution in [0.3, 0.4) is 0 Å². The predicted octanol–water partition coefficient (Wildman–Crippen LogP) is 4.08. The van der Waals surface area contributed by atoms with Crippen molar-refractivity contribution in [3.8, 4) is 5.75 Å². The minimum Gasteiger partial charge on any atom is -0.493 e. The van der Waals surface area contributed by atoms with Crippen molar-refractivity contribution in [2.24, 2.45) is 0 Å². The monoisotopic (exact) mass is 275 g/mol. The van der Waals surface area contributed by atoms with Crippen LogP contribution in [0.1, 0.15) is 38.3 Å². The molecule has 0 bridgehead atoms. The molecule has 1 aromatic carbocycles. The van der Waals surface area contributed by atoms with Crippen molar-refractivity contribution in [3.05, 3.63) is 29.8 Å². The Labute approximate surface area is 112 Å². The number of rotatable bonds is 7. The van der Waals surface area contributed by atoms with Crippen molar-refractivity contribution in [1.82, 2.24) is 5.32 Å². The van der Waals surface area contributed by atoms with Crippen molar-refractivity contribution in [2.45, 2.75) is 38.9 Å². The molecule has 0 radical (unpaired) electrons. The summed E-state index contributed by atoms with van der Waals surface area (Å²) >= 11 is 0. The van der Waals surface area contributed by atoms with Crippen molar-refractivity contribution in [1.29, 1.82) is 0 Å². The Morgan fingerprint density at radius 1 is 1.26 bits per heavy atom. The van der Waals surface area contributed by atoms with Crippen molar-refractivity contribution >= 4 is 0 Å². The molecule has 0 aliphatic carbocycles. The standard InChI is InChI=1S/C14H20F3NO/c1-3-9-18-11(2)12-6-4-5-7-13(12)19-10-8-14(15,16)17/h4-7,11,18H,3,8-10H2,1-2H3. The number of alkyl halides is 3. The van der Waals surface area contributed by atoms with Gasteiger partial charge in [0.15, 0.2) is 0 Å². The van der Waals surface area contributed by atoms with Crippen LogP contribution in [0.5, 0.6) is 5.75 Å². The highest BCUT2D eigenvalue weighted by molar-refractivity contribution is 5.35. The average molecular weight is 275 g/mol. The van der Waals surface area contributed by atoms with Crippen molar-refractivity contribution in [3.63, 3.8) is 0 Å². The molecule has 1 aromatic rings. The Balaban J connectivity index is 2.62. The lowest BCUT2D eigenvalue weighted by Gasteiger charge is -2.18. The maximum atomic E-state index is 12.1. The van der Waals surface area contributed by atoms with Gasteiger partial charge in [-0.3, -0.25) is 0 Å². The molecule has 1 rings (SSSR count). The molecule has 1 atom stereocenters. The lowest BCUT2D eigenvalue weighted by molar-refractivity contribution is -0.139. The highest BCUT2D eigenvalue weighted by Crippen LogP contribution is 2.26. The van der Waals surface area contributed by atoms with Crippen LogP contribution in [0, 0.1) is 0 Å². The summed E-state index contributed by atoms with van der Waals surface area (Å²) in [5.41, 5.74) is 0.887. The third kappa shape index (κ3) is 5.96. The predicted molar refractivity (Wildman–Crippen MR) is 69.3 cm³/mol. The minimum absolute atomic E-state index is 0.0574. The van der Waals surface area contributed by atoms with Crippen LogP contribution < -0.4 is 10.1 Å². The zero-order valence-corrected chi connectivity index (χ0v) is 11.3. The third-order valence-electron chi connectivity index (χ3n) is 2.73. The Hall–Kier alpha value is -1.23. The van der Waals surface area contributed by atoms with Gasteiger partial charge in [0.05, 0.1) is 13.0 Å². The summed E-state index contributed by atoms with van der Waals surface area (Å²) in [6, 6.07) is 7.25. The molecule has 0 saturated heterocycles. The topological polar surface area (TPSA) is 21.3 Å². The number of para-hydroxylation sites is 1. The van der Waals surface area contributed by atoms with E-state index in [-0.39, 0.29) is 12.6 Å². The van der Waals surface area contributed by atoms with Gasteiger partial charge in [-0.2, -0.15) is 13.2 Å². The highest BCUT2D eigenvalue weighted by atomic mass is 19.4. The van der Waals surface area contributed by atoms with Crippen LogP contribution in [0.15, 0.2) is 24.3 Å². The van der Waals surface area contributed by atoms with E-state index in [2.05, 4.69) is 12.2 Å². The van der Waals surface area contributed by atoms with Gasteiger partial charge in [-0.25, -0.2) is 0 Å². The van der Waals surface area contributed by atoms with Gasteiger partial charge in [0.2, 0.25) is 0 Å². The molecule has 1 N–H and O–H groups in total. The van der Waals surface area contributed by atoms with Gasteiger partial charge in [-0.1, -0.05) is 25.1 Å². The van der Waals surface area contributed by atoms with E-state index in [1.807, 2.05) is 19.1 Å². The average Bonchev–Trinajstić information content (AvgIpc) is 2.35. The number of hydrogen-bond donors (Lipinski definition) is 1. The maximum Gasteiger partial charge on any atom is 0.392 e. The molecule has 19 heavy (non-hydrogen) atoms. The van der Waals surface area contributed by atoms with E-state index >= 15 is 0 Å². The first-order chi connectivity index (χ1) is 8.94. The van der Waals surface area contributed by atoms with Gasteiger partial charge in [0.1, 0.15) is 5.75 Å². The zero-order chi connectivity index (χ0) is 14.3. The van der Waals surface area contributed by atoms with E-state index in [4.69, 9.17) is 4.74 Å². The Morgan fingerprint density at radius 3 is 2.58 bits per heavy atom. The summed E-state index contributed by atoms with van der Waals surface area (Å²) in [5.74, 6) is 0.517. The highest BCUT2D eigenvalue weighted by Gasteiger charge is 2.27. The first-order valence-corrected chi connectivity index (χ1v) is 6.46. The molecule has 0 aromatic heterocycles. The summed E-state index contributed by atoms with van der Waals surface area (Å²) in [5, 5.41) is 3.29. The smallest absolute Gasteiger partial charge is 0.392 e. The van der Waals surface area contributed by atoms with E-state index in [0.717, 1.165) is 18.5 Å². The summed E-state index contributed by atoms with van der Waals surface area (Å²) < 4.78 is 41.5. The number of benzene rings is 1. The number of ether oxygens (including phenoxy) is 1. The summed E-state index contributed by atoms with van der Waals surface area (Å²) in [6.45, 7) is 4.55. The van der Waals surface area contributed by atoms with Gasteiger partial charge in [0, 0.05) is 11.6 Å². The largest absolute Gasteiger partial charge is 0.493 e. The lowest BCUT2D eigenvalue weighted by atomic mass is 10.1. The fourth-order valence-electron chi connectivity index (χ4n) is 1.72. The van der Waals surface area contributed by atoms with Crippen LogP contribution in [-0.2, 0) is 0 Å². The molecule has 0 aliphatic heterocycles. The molecular weight excluding hydrogens is 255 g/mol. The normalized spacial score (nSPS) is 13.3. The molecule has 108 valence electrons. The molecule has 0 heterocycles. The van der Waals surface area contributed by atoms with Crippen LogP contribution in [0.2, 0.25) is 0 Å². The van der Waals surface area contributed by atoms with Gasteiger partial charge >= 0.3 is 6.18 Å². The second kappa shape index (κ2) is 7.38. The first kappa shape index (κ1) is 15.8. The molecule has 0 aliphatic rings. The van der Waals surface area contributed by atoms with E-state index in [0.29, 0.717) is 5.75 Å². The molecule has 0 amide bonds. The summed E-state index contributed by atoms with van der Waals surface area (Å²) in [4.78, 5) is 0. The number of hydrogen-bond acceptors (Lipinski definition) is 2. The maximum absolute atomic E-state index is 12.1. The lowest BCUT2D eigenvalue weighted by Crippen LogP contribution is -2.20. The fraction of sp³-hybridized carbons (Fsp3) is 0.571. The zero-order valence-electron chi connectivity index (χ0n) is 11.3. The first-order valence-electron chi connectivity index (χ1n) is 6.46. The van der Waals surface area contributed by atoms with E-state index < -0.39 is 12.6 Å². The van der Waals surface area contributed by atoms with Crippen molar-refractivity contribution in [2.75, 3.05) is 13.2 Å². The molecule has 0 saturated carbocycles. The fourth-order valence-corrected chi connectivity index (χ4v) is 1.72. The molecule has 0 spiro atoms. The summed E-state index contributed by atoms with van der Waals surface area (Å²) in [6.07, 6.45) is -4.11. The number of halogens is 3. The third-order valence-corrected chi connectivity index (χ3v) is 2.73. The molecule has 2 nitrogen and oxygen atoms in total. The van der Waals surface area contributed by atoms with Gasteiger partial charge in [0.25, 0.3) is 0 Å². The van der Waals surface area contributed by atoms with Crippen LogP contribution in [0.25, 0.3) is 0 Å². The molecular formula is C14H20F3NO. The van der Waals surface area contributed by atoms with E-state index in [9.17, 15) is 13.2 Å². The second-order valence-corrected chi connectivity index (χ2v) is 4.43. The SMILES string of the molecule is CCCNC(C)c1ccccc1OCCC(F)(F)F. The summed E-state index contributed by atoms with van der Waals surface area (Å²) in [7, 11) is 0. The van der Waals surface area contributed by atoms with E-state index in [1.54, 1.807) is 12.1 Å². The van der Waals surface area contributed by atoms with Gasteiger partial charge in [-0.05, 0) is 26.0 Å². The molecule has 1 unspecified atom stereocenters. The quantitative estimate of drug-likeness (QED) is 0.809. The van der Waals surface area contributed by atoms with E-state index in [1.165, 1.54) is 0 Å². The Morgan fingerprint density at radius 2 is 1.95 bits per heavy atom. The molecule has 0 fully saturated rings. The Bertz CT molecular complexity index is 379. The van der Waals surface area contributed by atoms with Crippen molar-refractivity contribution < 1.29 is 17.9 Å². The van der Waals surface area contributed by atoms with Gasteiger partial charge < -0.3 is 10.1 Å².